The number of nitrogens with two attached hydrogens (primary N) is 1. The third kappa shape index (κ3) is 6.08. The molecule has 0 rings (SSSR count). The van der Waals surface area contributed by atoms with Gasteiger partial charge >= 0.3 is 0 Å². The number of hydrogen-bond donors (Lipinski definition) is 2. The van der Waals surface area contributed by atoms with Gasteiger partial charge in [0.25, 0.3) is 0 Å². The van der Waals surface area contributed by atoms with Crippen molar-refractivity contribution in [3.63, 3.8) is 0 Å². The van der Waals surface area contributed by atoms with E-state index < -0.39 is 0 Å². The molecule has 0 radical (unpaired) electrons. The van der Waals surface area contributed by atoms with Crippen LogP contribution >= 0.6 is 11.6 Å². The van der Waals surface area contributed by atoms with E-state index in [9.17, 15) is 0 Å². The molecule has 0 atom stereocenters. The lowest BCUT2D eigenvalue weighted by Crippen LogP contribution is -2.19. The minimum atomic E-state index is 0.747. The Morgan fingerprint density at radius 1 is 1.70 bits per heavy atom. The van der Waals surface area contributed by atoms with Crippen LogP contribution in [0, 0.1) is 0 Å². The summed E-state index contributed by atoms with van der Waals surface area (Å²) in [6.07, 6.45) is 1.02. The normalized spacial score (nSPS) is 12.1. The Hall–Kier alpha value is -0.0500. The van der Waals surface area contributed by atoms with Crippen LogP contribution in [0.5, 0.6) is 0 Å². The van der Waals surface area contributed by atoms with E-state index in [0.717, 1.165) is 31.6 Å². The summed E-state index contributed by atoms with van der Waals surface area (Å²) in [5.41, 5.74) is 8.04. The fourth-order valence-corrected chi connectivity index (χ4v) is 0.628. The van der Waals surface area contributed by atoms with Gasteiger partial charge in [0.2, 0.25) is 0 Å². The maximum absolute atomic E-state index is 5.44. The van der Waals surface area contributed by atoms with Gasteiger partial charge in [0.15, 0.2) is 0 Å². The van der Waals surface area contributed by atoms with E-state index >= 15 is 0 Å². The maximum Gasteiger partial charge on any atom is 0.0173 e. The van der Waals surface area contributed by atoms with Gasteiger partial charge in [-0.05, 0) is 32.0 Å². The quantitative estimate of drug-likeness (QED) is 0.594. The second-order valence-corrected chi connectivity index (χ2v) is 2.49. The number of hydrogen-bond acceptors (Lipinski definition) is 2. The Labute approximate surface area is 67.4 Å². The van der Waals surface area contributed by atoms with E-state index in [1.54, 1.807) is 5.54 Å². The van der Waals surface area contributed by atoms with Crippen molar-refractivity contribution in [2.45, 2.75) is 13.3 Å². The van der Waals surface area contributed by atoms with E-state index in [4.69, 9.17) is 17.3 Å². The molecule has 0 fully saturated rings. The highest BCUT2D eigenvalue weighted by atomic mass is 35.5. The van der Waals surface area contributed by atoms with Crippen LogP contribution in [0.2, 0.25) is 0 Å². The average molecular weight is 163 g/mol. The van der Waals surface area contributed by atoms with E-state index in [0.29, 0.717) is 0 Å². The molecule has 0 spiro atoms. The first kappa shape index (κ1) is 9.95. The summed E-state index contributed by atoms with van der Waals surface area (Å²) in [5.74, 6) is 0. The van der Waals surface area contributed by atoms with Gasteiger partial charge in [0.1, 0.15) is 0 Å². The van der Waals surface area contributed by atoms with Gasteiger partial charge in [0, 0.05) is 12.1 Å². The Morgan fingerprint density at radius 2 is 2.40 bits per heavy atom. The monoisotopic (exact) mass is 162 g/mol. The lowest BCUT2D eigenvalue weighted by atomic mass is 10.3. The zero-order chi connectivity index (χ0) is 7.82. The molecule has 3 N–H and O–H groups in total. The van der Waals surface area contributed by atoms with Crippen molar-refractivity contribution < 1.29 is 0 Å². The molecule has 0 heterocycles. The number of rotatable bonds is 5. The highest BCUT2D eigenvalue weighted by Crippen LogP contribution is 1.91. The van der Waals surface area contributed by atoms with E-state index in [1.807, 2.05) is 6.92 Å². The molecular weight excluding hydrogens is 148 g/mol. The smallest absolute Gasteiger partial charge is 0.0173 e. The molecule has 0 aliphatic rings. The first-order valence-corrected chi connectivity index (χ1v) is 3.91. The lowest BCUT2D eigenvalue weighted by Gasteiger charge is -2.01. The van der Waals surface area contributed by atoms with Crippen molar-refractivity contribution in [3.8, 4) is 0 Å². The van der Waals surface area contributed by atoms with E-state index in [1.165, 1.54) is 0 Å². The van der Waals surface area contributed by atoms with Crippen molar-refractivity contribution in [2.75, 3.05) is 19.6 Å². The van der Waals surface area contributed by atoms with Crippen LogP contribution in [0.1, 0.15) is 13.3 Å². The molecule has 0 saturated heterocycles. The standard InChI is InChI=1S/C7H15ClN2/c1-7(5-8)6-10-4-2-3-9/h5,10H,2-4,6,9H2,1H3. The summed E-state index contributed by atoms with van der Waals surface area (Å²) in [7, 11) is 0. The fraction of sp³-hybridized carbons (Fsp3) is 0.714. The Morgan fingerprint density at radius 3 is 2.90 bits per heavy atom. The van der Waals surface area contributed by atoms with Crippen LogP contribution in [0.15, 0.2) is 11.1 Å². The Kier molecular flexibility index (Phi) is 7.03. The zero-order valence-electron chi connectivity index (χ0n) is 6.36. The van der Waals surface area contributed by atoms with E-state index in [-0.39, 0.29) is 0 Å². The summed E-state index contributed by atoms with van der Waals surface area (Å²) in [6.45, 7) is 4.57. The van der Waals surface area contributed by atoms with Gasteiger partial charge in [-0.1, -0.05) is 11.6 Å². The van der Waals surface area contributed by atoms with Crippen molar-refractivity contribution in [3.05, 3.63) is 11.1 Å². The first-order chi connectivity index (χ1) is 4.81. The van der Waals surface area contributed by atoms with Crippen LogP contribution in [0.3, 0.4) is 0 Å². The van der Waals surface area contributed by atoms with Crippen molar-refractivity contribution in [2.24, 2.45) is 5.73 Å². The molecule has 3 heteroatoms. The molecule has 0 aliphatic heterocycles. The molecule has 0 aliphatic carbocycles. The summed E-state index contributed by atoms with van der Waals surface area (Å²) in [6, 6.07) is 0. The van der Waals surface area contributed by atoms with Crippen LogP contribution in [0.4, 0.5) is 0 Å². The summed E-state index contributed by atoms with van der Waals surface area (Å²) in [5, 5.41) is 3.20. The minimum absolute atomic E-state index is 0.747. The highest BCUT2D eigenvalue weighted by molar-refractivity contribution is 6.25. The molecule has 10 heavy (non-hydrogen) atoms. The third-order valence-corrected chi connectivity index (χ3v) is 1.52. The highest BCUT2D eigenvalue weighted by Gasteiger charge is 1.86. The topological polar surface area (TPSA) is 38.0 Å². The molecule has 0 amide bonds. The zero-order valence-corrected chi connectivity index (χ0v) is 7.12. The van der Waals surface area contributed by atoms with Crippen LogP contribution in [-0.2, 0) is 0 Å². The SMILES string of the molecule is CC(=CCl)CNCCCN. The molecule has 0 aromatic carbocycles. The molecular formula is C7H15ClN2. The Bertz CT molecular complexity index is 102. The summed E-state index contributed by atoms with van der Waals surface area (Å²) in [4.78, 5) is 0. The maximum atomic E-state index is 5.44. The second kappa shape index (κ2) is 7.06. The van der Waals surface area contributed by atoms with Gasteiger partial charge in [-0.15, -0.1) is 0 Å². The molecule has 60 valence electrons. The molecule has 2 nitrogen and oxygen atoms in total. The second-order valence-electron chi connectivity index (χ2n) is 2.27. The van der Waals surface area contributed by atoms with Crippen LogP contribution < -0.4 is 11.1 Å². The minimum Gasteiger partial charge on any atom is -0.330 e. The van der Waals surface area contributed by atoms with Crippen molar-refractivity contribution >= 4 is 11.6 Å². The largest absolute Gasteiger partial charge is 0.330 e. The van der Waals surface area contributed by atoms with Crippen molar-refractivity contribution in [1.29, 1.82) is 0 Å². The number of halogens is 1. The average Bonchev–Trinajstić information content (AvgIpc) is 1.98. The van der Waals surface area contributed by atoms with Gasteiger partial charge in [-0.2, -0.15) is 0 Å². The fourth-order valence-electron chi connectivity index (χ4n) is 0.551. The summed E-state index contributed by atoms with van der Waals surface area (Å²) >= 11 is 5.44. The van der Waals surface area contributed by atoms with Crippen LogP contribution in [-0.4, -0.2) is 19.6 Å². The molecule has 0 unspecified atom stereocenters. The molecule has 0 aromatic heterocycles. The molecule has 0 bridgehead atoms. The molecule has 0 saturated carbocycles. The van der Waals surface area contributed by atoms with Gasteiger partial charge in [-0.25, -0.2) is 0 Å². The summed E-state index contributed by atoms with van der Waals surface area (Å²) < 4.78 is 0. The predicted molar refractivity (Wildman–Crippen MR) is 46.2 cm³/mol. The first-order valence-electron chi connectivity index (χ1n) is 3.48. The molecule has 0 aromatic rings. The van der Waals surface area contributed by atoms with Gasteiger partial charge in [0.05, 0.1) is 0 Å². The third-order valence-electron chi connectivity index (χ3n) is 1.15. The number of nitrogens with one attached hydrogen (secondary N) is 1. The van der Waals surface area contributed by atoms with Gasteiger partial charge < -0.3 is 11.1 Å². The van der Waals surface area contributed by atoms with E-state index in [2.05, 4.69) is 5.32 Å². The van der Waals surface area contributed by atoms with Crippen LogP contribution in [0.25, 0.3) is 0 Å². The lowest BCUT2D eigenvalue weighted by molar-refractivity contribution is 0.688. The van der Waals surface area contributed by atoms with Gasteiger partial charge in [-0.3, -0.25) is 0 Å². The Balaban J connectivity index is 3.04. The van der Waals surface area contributed by atoms with Crippen molar-refractivity contribution in [1.82, 2.24) is 5.32 Å². The predicted octanol–water partition coefficient (Wildman–Crippen LogP) is 1.07.